The first kappa shape index (κ1) is 20.1. The second kappa shape index (κ2) is 10.1. The van der Waals surface area contributed by atoms with E-state index in [0.29, 0.717) is 0 Å². The third kappa shape index (κ3) is 5.91. The van der Waals surface area contributed by atoms with E-state index in [1.54, 1.807) is 18.2 Å². The highest BCUT2D eigenvalue weighted by atomic mass is 19.1. The molecule has 0 bridgehead atoms. The van der Waals surface area contributed by atoms with Crippen LogP contribution in [0.15, 0.2) is 48.5 Å². The van der Waals surface area contributed by atoms with Crippen LogP contribution in [-0.4, -0.2) is 24.4 Å². The van der Waals surface area contributed by atoms with Crippen molar-refractivity contribution in [3.8, 4) is 0 Å². The molecule has 0 saturated heterocycles. The molecule has 0 unspecified atom stereocenters. The van der Waals surface area contributed by atoms with Crippen molar-refractivity contribution in [2.45, 2.75) is 26.3 Å². The minimum absolute atomic E-state index is 0.125. The molecule has 27 heavy (non-hydrogen) atoms. The molecule has 2 rings (SSSR count). The molecule has 0 saturated carbocycles. The highest BCUT2D eigenvalue weighted by Crippen LogP contribution is 2.16. The molecule has 7 heteroatoms. The summed E-state index contributed by atoms with van der Waals surface area (Å²) in [6, 6.07) is 12.2. The number of unbranched alkanes of at least 4 members (excludes halogenated alkanes) is 1. The number of hydrogen-bond acceptors (Lipinski definition) is 4. The highest BCUT2D eigenvalue weighted by Gasteiger charge is 2.18. The number of esters is 1. The average Bonchev–Trinajstić information content (AvgIpc) is 2.67. The first-order chi connectivity index (χ1) is 13.0. The number of nitrogens with one attached hydrogen (secondary N) is 2. The van der Waals surface area contributed by atoms with Crippen LogP contribution < -0.4 is 10.6 Å². The molecule has 0 fully saturated rings. The molecule has 0 radical (unpaired) electrons. The number of rotatable bonds is 7. The quantitative estimate of drug-likeness (QED) is 0.444. The Kier molecular flexibility index (Phi) is 7.49. The van der Waals surface area contributed by atoms with E-state index < -0.39 is 23.6 Å². The maximum Gasteiger partial charge on any atom is 0.340 e. The topological polar surface area (TPSA) is 84.5 Å². The van der Waals surface area contributed by atoms with Gasteiger partial charge in [-0.1, -0.05) is 43.7 Å². The number of para-hydroxylation sites is 1. The summed E-state index contributed by atoms with van der Waals surface area (Å²) in [7, 11) is 0. The Bertz CT molecular complexity index is 823. The number of hydrogen-bond donors (Lipinski definition) is 2. The van der Waals surface area contributed by atoms with Gasteiger partial charge in [0, 0.05) is 12.1 Å². The van der Waals surface area contributed by atoms with E-state index in [1.807, 2.05) is 6.92 Å². The molecule has 0 heterocycles. The van der Waals surface area contributed by atoms with E-state index in [1.165, 1.54) is 30.3 Å². The lowest BCUT2D eigenvalue weighted by atomic mass is 10.1. The molecule has 0 aliphatic heterocycles. The van der Waals surface area contributed by atoms with Crippen molar-refractivity contribution in [3.63, 3.8) is 0 Å². The summed E-state index contributed by atoms with van der Waals surface area (Å²) in [4.78, 5) is 36.2. The predicted octanol–water partition coefficient (Wildman–Crippen LogP) is 3.04. The summed E-state index contributed by atoms with van der Waals surface area (Å²) >= 11 is 0. The van der Waals surface area contributed by atoms with Crippen LogP contribution in [-0.2, 0) is 20.9 Å². The molecule has 0 aromatic heterocycles. The second-order valence-electron chi connectivity index (χ2n) is 5.76. The predicted molar refractivity (Wildman–Crippen MR) is 98.5 cm³/mol. The van der Waals surface area contributed by atoms with Gasteiger partial charge in [0.1, 0.15) is 5.82 Å². The monoisotopic (exact) mass is 372 g/mol. The summed E-state index contributed by atoms with van der Waals surface area (Å²) in [6.45, 7) is 2.13. The summed E-state index contributed by atoms with van der Waals surface area (Å²) < 4.78 is 18.7. The van der Waals surface area contributed by atoms with E-state index in [2.05, 4.69) is 10.6 Å². The Balaban J connectivity index is 1.97. The molecule has 142 valence electrons. The Morgan fingerprint density at radius 2 is 1.70 bits per heavy atom. The number of anilines is 1. The van der Waals surface area contributed by atoms with E-state index in [0.717, 1.165) is 12.8 Å². The van der Waals surface area contributed by atoms with Gasteiger partial charge in [-0.15, -0.1) is 0 Å². The lowest BCUT2D eigenvalue weighted by Crippen LogP contribution is -2.35. The van der Waals surface area contributed by atoms with Gasteiger partial charge in [0.15, 0.2) is 0 Å². The molecule has 2 amide bonds. The van der Waals surface area contributed by atoms with Crippen LogP contribution in [0, 0.1) is 5.82 Å². The van der Waals surface area contributed by atoms with Gasteiger partial charge >= 0.3 is 17.8 Å². The van der Waals surface area contributed by atoms with Gasteiger partial charge in [-0.05, 0) is 24.6 Å². The number of carbonyl (C=O) groups is 3. The zero-order valence-electron chi connectivity index (χ0n) is 15.0. The van der Waals surface area contributed by atoms with Gasteiger partial charge in [0.25, 0.3) is 0 Å². The van der Waals surface area contributed by atoms with Crippen molar-refractivity contribution in [2.24, 2.45) is 0 Å². The van der Waals surface area contributed by atoms with E-state index >= 15 is 0 Å². The summed E-state index contributed by atoms with van der Waals surface area (Å²) in [5.74, 6) is -2.95. The van der Waals surface area contributed by atoms with Crippen LogP contribution in [0.2, 0.25) is 0 Å². The van der Waals surface area contributed by atoms with Crippen molar-refractivity contribution < 1.29 is 23.5 Å². The maximum atomic E-state index is 13.6. The minimum Gasteiger partial charge on any atom is -0.462 e. The molecule has 0 atom stereocenters. The van der Waals surface area contributed by atoms with Gasteiger partial charge in [0.2, 0.25) is 0 Å². The van der Waals surface area contributed by atoms with Gasteiger partial charge in [-0.2, -0.15) is 0 Å². The van der Waals surface area contributed by atoms with Crippen molar-refractivity contribution in [1.29, 1.82) is 0 Å². The molecule has 2 N–H and O–H groups in total. The number of carbonyl (C=O) groups excluding carboxylic acids is 3. The second-order valence-corrected chi connectivity index (χ2v) is 5.76. The molecular weight excluding hydrogens is 351 g/mol. The Morgan fingerprint density at radius 3 is 2.44 bits per heavy atom. The standard InChI is InChI=1S/C20H21FN2O4/c1-2-3-12-27-20(26)15-9-5-7-11-17(15)23-19(25)18(24)22-13-14-8-4-6-10-16(14)21/h4-11H,2-3,12-13H2,1H3,(H,22,24)(H,23,25). The third-order valence-electron chi connectivity index (χ3n) is 3.73. The Morgan fingerprint density at radius 1 is 1.00 bits per heavy atom. The third-order valence-corrected chi connectivity index (χ3v) is 3.73. The molecular formula is C20H21FN2O4. The first-order valence-corrected chi connectivity index (χ1v) is 8.61. The number of halogens is 1. The molecule has 0 aliphatic rings. The van der Waals surface area contributed by atoms with Crippen molar-refractivity contribution in [2.75, 3.05) is 11.9 Å². The summed E-state index contributed by atoms with van der Waals surface area (Å²) in [5, 5.41) is 4.73. The van der Waals surface area contributed by atoms with Crippen molar-refractivity contribution >= 4 is 23.5 Å². The molecule has 2 aromatic rings. The highest BCUT2D eigenvalue weighted by molar-refractivity contribution is 6.39. The van der Waals surface area contributed by atoms with Crippen LogP contribution in [0.25, 0.3) is 0 Å². The fourth-order valence-electron chi connectivity index (χ4n) is 2.23. The average molecular weight is 372 g/mol. The zero-order valence-corrected chi connectivity index (χ0v) is 15.0. The number of ether oxygens (including phenoxy) is 1. The minimum atomic E-state index is -0.958. The van der Waals surface area contributed by atoms with E-state index in [-0.39, 0.29) is 30.0 Å². The fraction of sp³-hybridized carbons (Fsp3) is 0.250. The largest absolute Gasteiger partial charge is 0.462 e. The number of benzene rings is 2. The summed E-state index contributed by atoms with van der Waals surface area (Å²) in [5.41, 5.74) is 0.590. The SMILES string of the molecule is CCCCOC(=O)c1ccccc1NC(=O)C(=O)NCc1ccccc1F. The fourth-order valence-corrected chi connectivity index (χ4v) is 2.23. The van der Waals surface area contributed by atoms with Crippen LogP contribution in [0.1, 0.15) is 35.7 Å². The maximum absolute atomic E-state index is 13.6. The van der Waals surface area contributed by atoms with Gasteiger partial charge in [-0.25, -0.2) is 9.18 Å². The zero-order chi connectivity index (χ0) is 19.6. The van der Waals surface area contributed by atoms with Crippen molar-refractivity contribution in [3.05, 3.63) is 65.5 Å². The van der Waals surface area contributed by atoms with Crippen LogP contribution >= 0.6 is 0 Å². The van der Waals surface area contributed by atoms with Gasteiger partial charge < -0.3 is 15.4 Å². The lowest BCUT2D eigenvalue weighted by Gasteiger charge is -2.11. The number of amides is 2. The first-order valence-electron chi connectivity index (χ1n) is 8.61. The van der Waals surface area contributed by atoms with Crippen LogP contribution in [0.5, 0.6) is 0 Å². The Labute approximate surface area is 156 Å². The van der Waals surface area contributed by atoms with Gasteiger partial charge in [-0.3, -0.25) is 9.59 Å². The molecule has 0 spiro atoms. The molecule has 0 aliphatic carbocycles. The lowest BCUT2D eigenvalue weighted by molar-refractivity contribution is -0.136. The molecule has 6 nitrogen and oxygen atoms in total. The van der Waals surface area contributed by atoms with Crippen LogP contribution in [0.4, 0.5) is 10.1 Å². The molecule has 2 aromatic carbocycles. The Hall–Kier alpha value is -3.22. The summed E-state index contributed by atoms with van der Waals surface area (Å²) in [6.07, 6.45) is 1.62. The normalized spacial score (nSPS) is 10.1. The van der Waals surface area contributed by atoms with Crippen LogP contribution in [0.3, 0.4) is 0 Å². The van der Waals surface area contributed by atoms with Crippen molar-refractivity contribution in [1.82, 2.24) is 5.32 Å². The van der Waals surface area contributed by atoms with Gasteiger partial charge in [0.05, 0.1) is 17.9 Å². The van der Waals surface area contributed by atoms with E-state index in [9.17, 15) is 18.8 Å². The smallest absolute Gasteiger partial charge is 0.340 e. The van der Waals surface area contributed by atoms with E-state index in [4.69, 9.17) is 4.74 Å².